The molecule has 3 aromatic rings. The highest BCUT2D eigenvalue weighted by molar-refractivity contribution is 6.04. The molecule has 0 radical (unpaired) electrons. The molecule has 3 rings (SSSR count). The summed E-state index contributed by atoms with van der Waals surface area (Å²) in [6, 6.07) is 21.7. The van der Waals surface area contributed by atoms with Crippen molar-refractivity contribution in [1.29, 1.82) is 0 Å². The largest absolute Gasteiger partial charge is 0.494 e. The van der Waals surface area contributed by atoms with Crippen LogP contribution in [-0.4, -0.2) is 24.4 Å². The molecule has 0 aromatic heterocycles. The average molecular weight is 503 g/mol. The first kappa shape index (κ1) is 27.5. The minimum absolute atomic E-state index is 0.0663. The number of hydrogen-bond acceptors (Lipinski definition) is 5. The van der Waals surface area contributed by atoms with Gasteiger partial charge in [0.2, 0.25) is 5.91 Å². The molecule has 0 fully saturated rings. The molecule has 0 spiro atoms. The van der Waals surface area contributed by atoms with Crippen molar-refractivity contribution in [1.82, 2.24) is 5.32 Å². The Morgan fingerprint density at radius 1 is 0.865 bits per heavy atom. The molecule has 0 saturated heterocycles. The molecule has 0 aliphatic carbocycles. The zero-order valence-electron chi connectivity index (χ0n) is 21.8. The Kier molecular flexibility index (Phi) is 9.44. The van der Waals surface area contributed by atoms with Crippen LogP contribution in [0.4, 0.5) is 5.69 Å². The maximum absolute atomic E-state index is 12.6. The molecule has 0 atom stereocenters. The maximum atomic E-state index is 12.6. The summed E-state index contributed by atoms with van der Waals surface area (Å²) in [7, 11) is 0. The zero-order chi connectivity index (χ0) is 26.8. The van der Waals surface area contributed by atoms with Gasteiger partial charge in [0.15, 0.2) is 0 Å². The van der Waals surface area contributed by atoms with Gasteiger partial charge in [-0.1, -0.05) is 51.1 Å². The van der Waals surface area contributed by atoms with Crippen LogP contribution < -0.4 is 20.1 Å². The second-order valence-corrected chi connectivity index (χ2v) is 9.78. The lowest BCUT2D eigenvalue weighted by Crippen LogP contribution is -2.23. The second-order valence-electron chi connectivity index (χ2n) is 9.78. The number of anilines is 1. The highest BCUT2D eigenvalue weighted by Gasteiger charge is 2.13. The van der Waals surface area contributed by atoms with Gasteiger partial charge >= 0.3 is 5.97 Å². The molecular weight excluding hydrogens is 468 g/mol. The fraction of sp³-hybridized carbons (Fsp3) is 0.300. The fourth-order valence-corrected chi connectivity index (χ4v) is 3.59. The molecule has 0 bridgehead atoms. The van der Waals surface area contributed by atoms with Gasteiger partial charge in [0.25, 0.3) is 5.91 Å². The lowest BCUT2D eigenvalue weighted by molar-refractivity contribution is -0.131. The van der Waals surface area contributed by atoms with Crippen LogP contribution in [0, 0.1) is 0 Å². The van der Waals surface area contributed by atoms with Gasteiger partial charge in [-0.15, -0.1) is 0 Å². The predicted octanol–water partition coefficient (Wildman–Crippen LogP) is 5.64. The van der Waals surface area contributed by atoms with E-state index in [1.165, 1.54) is 18.6 Å². The molecule has 194 valence electrons. The summed E-state index contributed by atoms with van der Waals surface area (Å²) < 4.78 is 10.8. The number of carbonyl (C=O) groups is 3. The van der Waals surface area contributed by atoms with E-state index < -0.39 is 5.97 Å². The van der Waals surface area contributed by atoms with Crippen molar-refractivity contribution < 1.29 is 23.9 Å². The molecule has 0 aliphatic rings. The van der Waals surface area contributed by atoms with Crippen molar-refractivity contribution in [2.45, 2.75) is 52.5 Å². The first-order valence-corrected chi connectivity index (χ1v) is 12.3. The predicted molar refractivity (Wildman–Crippen MR) is 144 cm³/mol. The first-order valence-electron chi connectivity index (χ1n) is 12.3. The van der Waals surface area contributed by atoms with Gasteiger partial charge in [0.1, 0.15) is 11.5 Å². The number of nitrogens with one attached hydrogen (secondary N) is 2. The van der Waals surface area contributed by atoms with Crippen molar-refractivity contribution in [2.75, 3.05) is 11.9 Å². The minimum atomic E-state index is -0.453. The molecule has 0 saturated carbocycles. The van der Waals surface area contributed by atoms with Crippen LogP contribution in [0.2, 0.25) is 0 Å². The van der Waals surface area contributed by atoms with Gasteiger partial charge in [-0.05, 0) is 65.4 Å². The topological polar surface area (TPSA) is 93.7 Å². The van der Waals surface area contributed by atoms with Crippen molar-refractivity contribution in [3.63, 3.8) is 0 Å². The zero-order valence-corrected chi connectivity index (χ0v) is 21.8. The lowest BCUT2D eigenvalue weighted by Gasteiger charge is -2.19. The smallest absolute Gasteiger partial charge is 0.308 e. The molecule has 2 amide bonds. The van der Waals surface area contributed by atoms with Crippen LogP contribution in [0.3, 0.4) is 0 Å². The third kappa shape index (κ3) is 9.11. The summed E-state index contributed by atoms with van der Waals surface area (Å²) in [6.45, 7) is 8.62. The Labute approximate surface area is 218 Å². The van der Waals surface area contributed by atoms with Gasteiger partial charge < -0.3 is 20.1 Å². The number of rotatable bonds is 10. The molecule has 3 aromatic carbocycles. The van der Waals surface area contributed by atoms with Gasteiger partial charge in [-0.25, -0.2) is 0 Å². The van der Waals surface area contributed by atoms with E-state index in [1.807, 2.05) is 24.3 Å². The van der Waals surface area contributed by atoms with E-state index in [0.717, 1.165) is 11.3 Å². The van der Waals surface area contributed by atoms with Crippen molar-refractivity contribution in [3.05, 3.63) is 89.5 Å². The van der Waals surface area contributed by atoms with Gasteiger partial charge in [-0.3, -0.25) is 14.4 Å². The summed E-state index contributed by atoms with van der Waals surface area (Å²) in [5.74, 6) is 0.253. The highest BCUT2D eigenvalue weighted by Crippen LogP contribution is 2.24. The van der Waals surface area contributed by atoms with Crippen LogP contribution >= 0.6 is 0 Å². The van der Waals surface area contributed by atoms with Gasteiger partial charge in [0.05, 0.1) is 6.61 Å². The van der Waals surface area contributed by atoms with E-state index >= 15 is 0 Å². The third-order valence-electron chi connectivity index (χ3n) is 5.57. The number of amides is 2. The van der Waals surface area contributed by atoms with E-state index in [9.17, 15) is 14.4 Å². The van der Waals surface area contributed by atoms with Crippen molar-refractivity contribution in [2.24, 2.45) is 0 Å². The van der Waals surface area contributed by atoms with E-state index in [0.29, 0.717) is 43.0 Å². The molecule has 7 nitrogen and oxygen atoms in total. The summed E-state index contributed by atoms with van der Waals surface area (Å²) in [5, 5.41) is 5.73. The summed E-state index contributed by atoms with van der Waals surface area (Å²) >= 11 is 0. The van der Waals surface area contributed by atoms with Crippen LogP contribution in [0.25, 0.3) is 0 Å². The fourth-order valence-electron chi connectivity index (χ4n) is 3.59. The summed E-state index contributed by atoms with van der Waals surface area (Å²) in [5.41, 5.74) is 3.16. The number of hydrogen-bond donors (Lipinski definition) is 2. The Hall–Kier alpha value is -4.13. The molecule has 7 heteroatoms. The van der Waals surface area contributed by atoms with E-state index in [4.69, 9.17) is 9.47 Å². The normalized spacial score (nSPS) is 10.9. The molecular formula is C30H34N2O5. The monoisotopic (exact) mass is 502 g/mol. The molecule has 0 unspecified atom stereocenters. The SMILES string of the molecule is CC(=O)Oc1cccc(C(=O)Nc2cccc(CNC(=O)CCCOc3ccc(C(C)(C)C)cc3)c2)c1. The van der Waals surface area contributed by atoms with Crippen LogP contribution in [-0.2, 0) is 21.5 Å². The molecule has 0 heterocycles. The van der Waals surface area contributed by atoms with E-state index in [1.54, 1.807) is 30.3 Å². The van der Waals surface area contributed by atoms with Crippen molar-refractivity contribution in [3.8, 4) is 11.5 Å². The molecule has 2 N–H and O–H groups in total. The minimum Gasteiger partial charge on any atom is -0.494 e. The summed E-state index contributed by atoms with van der Waals surface area (Å²) in [6.07, 6.45) is 0.963. The standard InChI is InChI=1S/C30H34N2O5/c1-21(33)37-27-11-6-9-23(19-27)29(35)32-25-10-5-8-22(18-25)20-31-28(34)12-7-17-36-26-15-13-24(14-16-26)30(2,3)4/h5-6,8-11,13-16,18-19H,7,12,17,20H2,1-4H3,(H,31,34)(H,32,35). The van der Waals surface area contributed by atoms with E-state index in [-0.39, 0.29) is 17.2 Å². The van der Waals surface area contributed by atoms with Crippen LogP contribution in [0.1, 0.15) is 62.0 Å². The Bertz CT molecular complexity index is 1230. The highest BCUT2D eigenvalue weighted by atomic mass is 16.5. The Balaban J connectivity index is 1.42. The molecule has 37 heavy (non-hydrogen) atoms. The average Bonchev–Trinajstić information content (AvgIpc) is 2.85. The lowest BCUT2D eigenvalue weighted by atomic mass is 9.87. The first-order chi connectivity index (χ1) is 17.6. The molecule has 0 aliphatic heterocycles. The quantitative estimate of drug-likeness (QED) is 0.213. The number of ether oxygens (including phenoxy) is 2. The van der Waals surface area contributed by atoms with Gasteiger partial charge in [-0.2, -0.15) is 0 Å². The van der Waals surface area contributed by atoms with Gasteiger partial charge in [0, 0.05) is 31.1 Å². The van der Waals surface area contributed by atoms with E-state index in [2.05, 4.69) is 43.5 Å². The van der Waals surface area contributed by atoms with Crippen LogP contribution in [0.5, 0.6) is 11.5 Å². The maximum Gasteiger partial charge on any atom is 0.308 e. The number of benzene rings is 3. The Morgan fingerprint density at radius 2 is 1.59 bits per heavy atom. The van der Waals surface area contributed by atoms with Crippen molar-refractivity contribution >= 4 is 23.5 Å². The summed E-state index contributed by atoms with van der Waals surface area (Å²) in [4.78, 5) is 36.0. The number of carbonyl (C=O) groups excluding carboxylic acids is 3. The second kappa shape index (κ2) is 12.7. The third-order valence-corrected chi connectivity index (χ3v) is 5.57. The van der Waals surface area contributed by atoms with Crippen LogP contribution in [0.15, 0.2) is 72.8 Å². The Morgan fingerprint density at radius 3 is 2.30 bits per heavy atom. The number of esters is 1.